The zero-order valence-corrected chi connectivity index (χ0v) is 21.0. The molecule has 9 heteroatoms. The van der Waals surface area contributed by atoms with E-state index < -0.39 is 17.7 Å². The maximum atomic E-state index is 13.8. The molecular formula is C27H29ClF2N4O2. The average molecular weight is 515 g/mol. The fraction of sp³-hybridized carbons (Fsp3) is 0.370. The Labute approximate surface area is 214 Å². The molecule has 0 radical (unpaired) electrons. The summed E-state index contributed by atoms with van der Waals surface area (Å²) >= 11 is 6.50. The van der Waals surface area contributed by atoms with E-state index in [4.69, 9.17) is 17.0 Å². The van der Waals surface area contributed by atoms with Gasteiger partial charge >= 0.3 is 0 Å². The van der Waals surface area contributed by atoms with Gasteiger partial charge in [-0.2, -0.15) is 0 Å². The molecule has 0 spiro atoms. The summed E-state index contributed by atoms with van der Waals surface area (Å²) in [5.74, 6) is -1.26. The van der Waals surface area contributed by atoms with Crippen LogP contribution in [0.25, 0.3) is 5.70 Å². The molecule has 2 aromatic rings. The predicted molar refractivity (Wildman–Crippen MR) is 136 cm³/mol. The zero-order chi connectivity index (χ0) is 26.0. The van der Waals surface area contributed by atoms with Crippen molar-refractivity contribution in [1.29, 1.82) is 5.41 Å². The zero-order valence-electron chi connectivity index (χ0n) is 20.3. The van der Waals surface area contributed by atoms with Crippen molar-refractivity contribution >= 4 is 34.8 Å². The van der Waals surface area contributed by atoms with Crippen LogP contribution in [0.4, 0.5) is 8.78 Å². The maximum absolute atomic E-state index is 13.8. The van der Waals surface area contributed by atoms with Gasteiger partial charge in [-0.3, -0.25) is 9.59 Å². The molecule has 0 aromatic heterocycles. The Hall–Kier alpha value is -3.26. The second-order valence-electron chi connectivity index (χ2n) is 9.33. The highest BCUT2D eigenvalue weighted by Gasteiger charge is 2.33. The lowest BCUT2D eigenvalue weighted by Crippen LogP contribution is -2.48. The van der Waals surface area contributed by atoms with Gasteiger partial charge in [0.2, 0.25) is 5.91 Å². The van der Waals surface area contributed by atoms with Gasteiger partial charge in [-0.25, -0.2) is 8.78 Å². The van der Waals surface area contributed by atoms with Crippen LogP contribution in [0, 0.1) is 23.0 Å². The monoisotopic (exact) mass is 514 g/mol. The Morgan fingerprint density at radius 3 is 2.56 bits per heavy atom. The molecule has 4 rings (SSSR count). The number of rotatable bonds is 6. The summed E-state index contributed by atoms with van der Waals surface area (Å²) in [6.07, 6.45) is 2.52. The molecule has 2 saturated heterocycles. The van der Waals surface area contributed by atoms with Crippen LogP contribution in [-0.2, 0) is 11.2 Å². The van der Waals surface area contributed by atoms with Crippen LogP contribution < -0.4 is 10.6 Å². The number of hydrogen-bond donors (Lipinski definition) is 3. The molecule has 190 valence electrons. The minimum absolute atomic E-state index is 0.0862. The predicted octanol–water partition coefficient (Wildman–Crippen LogP) is 4.57. The molecule has 0 saturated carbocycles. The Morgan fingerprint density at radius 2 is 1.94 bits per heavy atom. The first-order valence-electron chi connectivity index (χ1n) is 12.0. The lowest BCUT2D eigenvalue weighted by Gasteiger charge is -2.36. The third-order valence-electron chi connectivity index (χ3n) is 6.94. The number of benzene rings is 2. The van der Waals surface area contributed by atoms with E-state index in [1.807, 2.05) is 6.07 Å². The second-order valence-corrected chi connectivity index (χ2v) is 9.73. The van der Waals surface area contributed by atoms with Crippen LogP contribution in [0.15, 0.2) is 42.0 Å². The van der Waals surface area contributed by atoms with Crippen molar-refractivity contribution in [1.82, 2.24) is 15.5 Å². The van der Waals surface area contributed by atoms with Gasteiger partial charge in [0.1, 0.15) is 11.6 Å². The molecule has 36 heavy (non-hydrogen) atoms. The minimum Gasteiger partial charge on any atom is -0.387 e. The number of amides is 2. The number of nitrogens with one attached hydrogen (secondary N) is 3. The van der Waals surface area contributed by atoms with Crippen LogP contribution in [0.5, 0.6) is 0 Å². The van der Waals surface area contributed by atoms with E-state index in [2.05, 4.69) is 10.6 Å². The van der Waals surface area contributed by atoms with Gasteiger partial charge in [0.15, 0.2) is 0 Å². The van der Waals surface area contributed by atoms with Gasteiger partial charge in [-0.15, -0.1) is 0 Å². The third kappa shape index (κ3) is 5.43. The van der Waals surface area contributed by atoms with Gasteiger partial charge in [0, 0.05) is 49.5 Å². The largest absolute Gasteiger partial charge is 0.387 e. The number of nitrogens with zero attached hydrogens (tertiary/aromatic N) is 1. The van der Waals surface area contributed by atoms with Crippen molar-refractivity contribution in [2.75, 3.05) is 20.1 Å². The second kappa shape index (κ2) is 10.8. The SMILES string of the molecule is CN/C(=C1/CCN(C(=O)c2ccc(CCC3CNC(=O)C3)cc2Cl)[C@H](C)C1=N)c1cc(F)cc(F)c1. The number of halogens is 3. The van der Waals surface area contributed by atoms with Crippen molar-refractivity contribution in [2.24, 2.45) is 5.92 Å². The molecule has 2 amide bonds. The van der Waals surface area contributed by atoms with Crippen molar-refractivity contribution in [3.8, 4) is 0 Å². The molecule has 2 aliphatic heterocycles. The number of carbonyl (C=O) groups is 2. The lowest BCUT2D eigenvalue weighted by molar-refractivity contribution is -0.119. The lowest BCUT2D eigenvalue weighted by atomic mass is 9.90. The summed E-state index contributed by atoms with van der Waals surface area (Å²) < 4.78 is 27.6. The molecule has 3 N–H and O–H groups in total. The molecule has 2 aromatic carbocycles. The summed E-state index contributed by atoms with van der Waals surface area (Å²) in [6, 6.07) is 8.09. The normalized spacial score (nSPS) is 21.4. The van der Waals surface area contributed by atoms with Gasteiger partial charge in [0.25, 0.3) is 5.91 Å². The fourth-order valence-corrected chi connectivity index (χ4v) is 5.24. The highest BCUT2D eigenvalue weighted by Crippen LogP contribution is 2.30. The summed E-state index contributed by atoms with van der Waals surface area (Å²) in [7, 11) is 1.64. The number of piperidine rings is 1. The molecule has 0 bridgehead atoms. The quantitative estimate of drug-likeness (QED) is 0.528. The van der Waals surface area contributed by atoms with Gasteiger partial charge < -0.3 is 20.9 Å². The van der Waals surface area contributed by atoms with Crippen LogP contribution in [0.1, 0.15) is 47.7 Å². The highest BCUT2D eigenvalue weighted by molar-refractivity contribution is 6.34. The molecule has 0 aliphatic carbocycles. The molecule has 1 unspecified atom stereocenters. The molecule has 2 fully saturated rings. The van der Waals surface area contributed by atoms with E-state index in [-0.39, 0.29) is 17.5 Å². The third-order valence-corrected chi connectivity index (χ3v) is 7.26. The standard InChI is InChI=1S/C27H29ClF2N4O2/c1-15-25(31)22(26(32-2)18-11-19(29)13-20(30)12-18)7-8-34(15)27(36)21-6-5-16(9-23(21)28)3-4-17-10-24(35)33-14-17/h5-6,9,11-13,15,17,31-32H,3-4,7-8,10,14H2,1-2H3,(H,33,35)/b26-22-,31-25?/t15-,17?/m1/s1. The molecule has 2 aliphatic rings. The number of likely N-dealkylation sites (tertiary alicyclic amines) is 1. The van der Waals surface area contributed by atoms with Gasteiger partial charge in [0.05, 0.1) is 22.3 Å². The van der Waals surface area contributed by atoms with E-state index in [1.165, 1.54) is 12.1 Å². The van der Waals surface area contributed by atoms with Crippen LogP contribution in [0.3, 0.4) is 0 Å². The first kappa shape index (κ1) is 25.8. The van der Waals surface area contributed by atoms with Gasteiger partial charge in [-0.1, -0.05) is 17.7 Å². The molecule has 2 heterocycles. The maximum Gasteiger partial charge on any atom is 0.255 e. The van der Waals surface area contributed by atoms with Crippen molar-refractivity contribution in [3.05, 3.63) is 75.3 Å². The van der Waals surface area contributed by atoms with Crippen molar-refractivity contribution in [2.45, 2.75) is 38.6 Å². The summed E-state index contributed by atoms with van der Waals surface area (Å²) in [4.78, 5) is 26.4. The Bertz CT molecular complexity index is 1230. The minimum atomic E-state index is -0.697. The Morgan fingerprint density at radius 1 is 1.22 bits per heavy atom. The van der Waals surface area contributed by atoms with Crippen LogP contribution >= 0.6 is 11.6 Å². The van der Waals surface area contributed by atoms with E-state index in [9.17, 15) is 18.4 Å². The van der Waals surface area contributed by atoms with E-state index in [0.29, 0.717) is 59.3 Å². The Balaban J connectivity index is 1.49. The van der Waals surface area contributed by atoms with Crippen LogP contribution in [-0.4, -0.2) is 48.6 Å². The van der Waals surface area contributed by atoms with E-state index in [1.54, 1.807) is 31.0 Å². The first-order valence-corrected chi connectivity index (χ1v) is 12.4. The van der Waals surface area contributed by atoms with Crippen molar-refractivity contribution < 1.29 is 18.4 Å². The van der Waals surface area contributed by atoms with E-state index >= 15 is 0 Å². The Kier molecular flexibility index (Phi) is 7.73. The number of carbonyl (C=O) groups excluding carboxylic acids is 2. The summed E-state index contributed by atoms with van der Waals surface area (Å²) in [5, 5.41) is 14.9. The van der Waals surface area contributed by atoms with Crippen LogP contribution in [0.2, 0.25) is 5.02 Å². The number of hydrogen-bond acceptors (Lipinski definition) is 4. The highest BCUT2D eigenvalue weighted by atomic mass is 35.5. The van der Waals surface area contributed by atoms with Gasteiger partial charge in [-0.05, 0) is 61.9 Å². The molecular weight excluding hydrogens is 486 g/mol. The molecule has 2 atom stereocenters. The molecule has 6 nitrogen and oxygen atoms in total. The van der Waals surface area contributed by atoms with E-state index in [0.717, 1.165) is 24.5 Å². The van der Waals surface area contributed by atoms with Crippen molar-refractivity contribution in [3.63, 3.8) is 0 Å². The summed E-state index contributed by atoms with van der Waals surface area (Å²) in [6.45, 7) is 2.79. The number of aryl methyl sites for hydroxylation is 1. The average Bonchev–Trinajstić information content (AvgIpc) is 3.25. The smallest absolute Gasteiger partial charge is 0.255 e. The first-order chi connectivity index (χ1) is 17.2. The fourth-order valence-electron chi connectivity index (χ4n) is 4.96. The summed E-state index contributed by atoms with van der Waals surface area (Å²) in [5.41, 5.74) is 2.97. The topological polar surface area (TPSA) is 85.3 Å².